The maximum atomic E-state index is 14.0. The van der Waals surface area contributed by atoms with Gasteiger partial charge in [-0.15, -0.1) is 28.1 Å². The van der Waals surface area contributed by atoms with Crippen LogP contribution in [0.1, 0.15) is 4.88 Å². The van der Waals surface area contributed by atoms with Crippen molar-refractivity contribution < 1.29 is 13.9 Å². The molecule has 32 heavy (non-hydrogen) atoms. The highest BCUT2D eigenvalue weighted by atomic mass is 32.2. The largest absolute Gasteiger partial charge is 0.378 e. The van der Waals surface area contributed by atoms with Crippen LogP contribution in [-0.2, 0) is 16.1 Å². The fourth-order valence-corrected chi connectivity index (χ4v) is 4.95. The standard InChI is InChI=1S/C22H24FN5O2S2/c1-2-8-27(15-19-7-4-13-31-19)20(29)16-32-22-25-24-21(26-9-11-30-12-10-26)28(22)18-6-3-5-17(23)14-18/h2-7,13-14H,1,8-12,15-16H2. The lowest BCUT2D eigenvalue weighted by atomic mass is 10.3. The Hall–Kier alpha value is -2.69. The number of carbonyl (C=O) groups excluding carboxylic acids is 1. The van der Waals surface area contributed by atoms with E-state index in [2.05, 4.69) is 21.7 Å². The van der Waals surface area contributed by atoms with Crippen LogP contribution in [0.15, 0.2) is 59.6 Å². The zero-order valence-electron chi connectivity index (χ0n) is 17.5. The van der Waals surface area contributed by atoms with E-state index in [-0.39, 0.29) is 17.5 Å². The third-order valence-electron chi connectivity index (χ3n) is 4.93. The summed E-state index contributed by atoms with van der Waals surface area (Å²) in [5, 5.41) is 11.2. The van der Waals surface area contributed by atoms with Gasteiger partial charge in [0, 0.05) is 24.5 Å². The van der Waals surface area contributed by atoms with Crippen LogP contribution in [0.4, 0.5) is 10.3 Å². The maximum Gasteiger partial charge on any atom is 0.233 e. The Morgan fingerprint density at radius 1 is 1.28 bits per heavy atom. The van der Waals surface area contributed by atoms with E-state index >= 15 is 0 Å². The topological polar surface area (TPSA) is 63.5 Å². The first kappa shape index (κ1) is 22.5. The van der Waals surface area contributed by atoms with Crippen molar-refractivity contribution in [3.8, 4) is 5.69 Å². The van der Waals surface area contributed by atoms with Crippen LogP contribution in [0, 0.1) is 5.82 Å². The summed E-state index contributed by atoms with van der Waals surface area (Å²) in [6, 6.07) is 10.3. The number of amides is 1. The Balaban J connectivity index is 1.55. The molecule has 3 aromatic rings. The molecule has 0 unspecified atom stereocenters. The molecule has 0 radical (unpaired) electrons. The summed E-state index contributed by atoms with van der Waals surface area (Å²) in [5.41, 5.74) is 0.618. The fourth-order valence-electron chi connectivity index (χ4n) is 3.38. The van der Waals surface area contributed by atoms with Crippen LogP contribution in [0.5, 0.6) is 0 Å². The Morgan fingerprint density at radius 2 is 2.12 bits per heavy atom. The molecule has 168 valence electrons. The molecule has 0 saturated carbocycles. The highest BCUT2D eigenvalue weighted by Crippen LogP contribution is 2.28. The third-order valence-corrected chi connectivity index (χ3v) is 6.71. The number of thiophene rings is 1. The highest BCUT2D eigenvalue weighted by Gasteiger charge is 2.23. The lowest BCUT2D eigenvalue weighted by molar-refractivity contribution is -0.128. The molecule has 10 heteroatoms. The van der Waals surface area contributed by atoms with Crippen molar-refractivity contribution in [3.63, 3.8) is 0 Å². The molecule has 0 N–H and O–H groups in total. The summed E-state index contributed by atoms with van der Waals surface area (Å²) in [4.78, 5) is 17.9. The molecule has 0 atom stereocenters. The summed E-state index contributed by atoms with van der Waals surface area (Å²) < 4.78 is 21.2. The lowest BCUT2D eigenvalue weighted by Crippen LogP contribution is -2.38. The van der Waals surface area contributed by atoms with Gasteiger partial charge in [0.05, 0.1) is 31.2 Å². The number of hydrogen-bond acceptors (Lipinski definition) is 7. The molecule has 0 aliphatic carbocycles. The molecule has 4 rings (SSSR count). The van der Waals surface area contributed by atoms with Crippen molar-refractivity contribution in [3.05, 3.63) is 65.1 Å². The Labute approximate surface area is 194 Å². The molecule has 1 amide bonds. The van der Waals surface area contributed by atoms with E-state index in [0.717, 1.165) is 4.88 Å². The minimum Gasteiger partial charge on any atom is -0.378 e. The molecule has 2 aromatic heterocycles. The molecule has 1 fully saturated rings. The molecule has 1 aliphatic rings. The Bertz CT molecular complexity index is 1050. The van der Waals surface area contributed by atoms with Crippen molar-refractivity contribution in [2.24, 2.45) is 0 Å². The van der Waals surface area contributed by atoms with Gasteiger partial charge in [-0.2, -0.15) is 0 Å². The molecular formula is C22H24FN5O2S2. The van der Waals surface area contributed by atoms with Crippen molar-refractivity contribution in [1.82, 2.24) is 19.7 Å². The summed E-state index contributed by atoms with van der Waals surface area (Å²) in [5.74, 6) is 0.445. The number of aromatic nitrogens is 3. The summed E-state index contributed by atoms with van der Waals surface area (Å²) in [6.45, 7) is 7.31. The van der Waals surface area contributed by atoms with Crippen LogP contribution < -0.4 is 4.90 Å². The van der Waals surface area contributed by atoms with E-state index < -0.39 is 0 Å². The van der Waals surface area contributed by atoms with E-state index in [4.69, 9.17) is 4.74 Å². The predicted molar refractivity (Wildman–Crippen MR) is 125 cm³/mol. The van der Waals surface area contributed by atoms with Gasteiger partial charge in [0.15, 0.2) is 5.16 Å². The average Bonchev–Trinajstić information content (AvgIpc) is 3.47. The molecule has 1 aliphatic heterocycles. The van der Waals surface area contributed by atoms with Gasteiger partial charge in [-0.3, -0.25) is 9.36 Å². The second-order valence-electron chi connectivity index (χ2n) is 7.13. The second kappa shape index (κ2) is 10.8. The average molecular weight is 474 g/mol. The maximum absolute atomic E-state index is 14.0. The van der Waals surface area contributed by atoms with Crippen LogP contribution >= 0.6 is 23.1 Å². The molecule has 1 saturated heterocycles. The zero-order valence-corrected chi connectivity index (χ0v) is 19.2. The first-order valence-corrected chi connectivity index (χ1v) is 12.1. The van der Waals surface area contributed by atoms with E-state index in [1.165, 1.54) is 23.9 Å². The van der Waals surface area contributed by atoms with E-state index in [0.29, 0.717) is 56.2 Å². The number of anilines is 1. The fraction of sp³-hybridized carbons (Fsp3) is 0.318. The normalized spacial score (nSPS) is 13.8. The number of thioether (sulfide) groups is 1. The first-order chi connectivity index (χ1) is 15.7. The first-order valence-electron chi connectivity index (χ1n) is 10.2. The van der Waals surface area contributed by atoms with Crippen molar-refractivity contribution >= 4 is 35.0 Å². The number of morpholine rings is 1. The van der Waals surface area contributed by atoms with Crippen LogP contribution in [0.2, 0.25) is 0 Å². The van der Waals surface area contributed by atoms with Gasteiger partial charge in [0.1, 0.15) is 5.82 Å². The van der Waals surface area contributed by atoms with Gasteiger partial charge in [-0.05, 0) is 29.6 Å². The van der Waals surface area contributed by atoms with E-state index in [9.17, 15) is 9.18 Å². The van der Waals surface area contributed by atoms with Crippen molar-refractivity contribution in [2.45, 2.75) is 11.7 Å². The van der Waals surface area contributed by atoms with Crippen LogP contribution in [0.25, 0.3) is 5.69 Å². The summed E-state index contributed by atoms with van der Waals surface area (Å²) in [7, 11) is 0. The molecule has 0 spiro atoms. The van der Waals surface area contributed by atoms with Gasteiger partial charge in [0.25, 0.3) is 0 Å². The minimum absolute atomic E-state index is 0.0231. The molecule has 0 bridgehead atoms. The third kappa shape index (κ3) is 5.37. The zero-order chi connectivity index (χ0) is 22.3. The molecular weight excluding hydrogens is 449 g/mol. The summed E-state index contributed by atoms with van der Waals surface area (Å²) >= 11 is 2.91. The van der Waals surface area contributed by atoms with Gasteiger partial charge in [-0.1, -0.05) is 30.0 Å². The number of halogens is 1. The van der Waals surface area contributed by atoms with Crippen LogP contribution in [-0.4, -0.2) is 64.2 Å². The quantitative estimate of drug-likeness (QED) is 0.350. The lowest BCUT2D eigenvalue weighted by Gasteiger charge is -2.28. The van der Waals surface area contributed by atoms with Gasteiger partial charge in [-0.25, -0.2) is 4.39 Å². The number of rotatable bonds is 9. The SMILES string of the molecule is C=CCN(Cc1cccs1)C(=O)CSc1nnc(N2CCOCC2)n1-c1cccc(F)c1. The van der Waals surface area contributed by atoms with Crippen molar-refractivity contribution in [2.75, 3.05) is 43.5 Å². The van der Waals surface area contributed by atoms with Crippen LogP contribution in [0.3, 0.4) is 0 Å². The number of carbonyl (C=O) groups is 1. The van der Waals surface area contributed by atoms with Crippen molar-refractivity contribution in [1.29, 1.82) is 0 Å². The highest BCUT2D eigenvalue weighted by molar-refractivity contribution is 7.99. The van der Waals surface area contributed by atoms with E-state index in [1.807, 2.05) is 28.1 Å². The Morgan fingerprint density at radius 3 is 2.84 bits per heavy atom. The predicted octanol–water partition coefficient (Wildman–Crippen LogP) is 3.61. The monoisotopic (exact) mass is 473 g/mol. The van der Waals surface area contributed by atoms with Gasteiger partial charge >= 0.3 is 0 Å². The molecule has 7 nitrogen and oxygen atoms in total. The number of hydrogen-bond donors (Lipinski definition) is 0. The van der Waals surface area contributed by atoms with Gasteiger partial charge < -0.3 is 14.5 Å². The smallest absolute Gasteiger partial charge is 0.233 e. The van der Waals surface area contributed by atoms with Gasteiger partial charge in [0.2, 0.25) is 11.9 Å². The summed E-state index contributed by atoms with van der Waals surface area (Å²) in [6.07, 6.45) is 1.72. The molecule has 1 aromatic carbocycles. The van der Waals surface area contributed by atoms with E-state index in [1.54, 1.807) is 28.4 Å². The number of ether oxygens (including phenoxy) is 1. The molecule has 3 heterocycles. The number of nitrogens with zero attached hydrogens (tertiary/aromatic N) is 5. The minimum atomic E-state index is -0.343. The second-order valence-corrected chi connectivity index (χ2v) is 9.10. The Kier molecular flexibility index (Phi) is 7.56. The number of benzene rings is 1.